The molecular weight excluding hydrogens is 302 g/mol. The van der Waals surface area contributed by atoms with Crippen molar-refractivity contribution in [3.8, 4) is 5.69 Å². The average Bonchev–Trinajstić information content (AvgIpc) is 3.22. The zero-order chi connectivity index (χ0) is 16.5. The summed E-state index contributed by atoms with van der Waals surface area (Å²) < 4.78 is 3.48. The lowest BCUT2D eigenvalue weighted by molar-refractivity contribution is 0.102. The van der Waals surface area contributed by atoms with Crippen molar-refractivity contribution in [2.24, 2.45) is 7.05 Å². The van der Waals surface area contributed by atoms with E-state index in [0.717, 1.165) is 22.3 Å². The molecule has 0 fully saturated rings. The van der Waals surface area contributed by atoms with Crippen LogP contribution in [0.1, 0.15) is 10.4 Å². The molecule has 0 atom stereocenters. The molecule has 2 heterocycles. The topological polar surface area (TPSA) is 64.7 Å². The molecule has 4 aromatic rings. The van der Waals surface area contributed by atoms with Gasteiger partial charge < -0.3 is 5.32 Å². The van der Waals surface area contributed by atoms with E-state index in [1.807, 2.05) is 59.4 Å². The van der Waals surface area contributed by atoms with Gasteiger partial charge in [0, 0.05) is 24.3 Å². The van der Waals surface area contributed by atoms with E-state index in [0.29, 0.717) is 5.56 Å². The normalized spacial score (nSPS) is 10.9. The number of aromatic nitrogens is 4. The predicted octanol–water partition coefficient (Wildman–Crippen LogP) is 3.01. The summed E-state index contributed by atoms with van der Waals surface area (Å²) in [7, 11) is 1.78. The summed E-state index contributed by atoms with van der Waals surface area (Å²) in [6, 6.07) is 15.6. The molecule has 6 heteroatoms. The molecule has 0 radical (unpaired) electrons. The minimum atomic E-state index is -0.180. The summed E-state index contributed by atoms with van der Waals surface area (Å²) in [6.45, 7) is 0. The van der Waals surface area contributed by atoms with Crippen LogP contribution in [0.4, 0.5) is 5.69 Å². The third-order valence-corrected chi connectivity index (χ3v) is 3.81. The van der Waals surface area contributed by atoms with Gasteiger partial charge in [-0.3, -0.25) is 9.48 Å². The third kappa shape index (κ3) is 2.54. The quantitative estimate of drug-likeness (QED) is 0.632. The number of hydrogen-bond acceptors (Lipinski definition) is 3. The Morgan fingerprint density at radius 3 is 2.54 bits per heavy atom. The standard InChI is InChI=1S/C18H15N5O/c1-22-12-14(11-19-22)18(24)21-15-6-8-16(9-7-15)23-17-5-3-2-4-13(17)10-20-23/h2-12H,1H3,(H,21,24). The molecule has 0 bridgehead atoms. The zero-order valence-electron chi connectivity index (χ0n) is 13.0. The molecule has 0 aliphatic heterocycles. The van der Waals surface area contributed by atoms with Crippen LogP contribution in [-0.2, 0) is 7.05 Å². The van der Waals surface area contributed by atoms with E-state index in [9.17, 15) is 4.79 Å². The number of nitrogens with one attached hydrogen (secondary N) is 1. The van der Waals surface area contributed by atoms with Crippen LogP contribution >= 0.6 is 0 Å². The van der Waals surface area contributed by atoms with Crippen LogP contribution in [-0.4, -0.2) is 25.5 Å². The molecule has 4 rings (SSSR count). The van der Waals surface area contributed by atoms with Crippen molar-refractivity contribution in [1.29, 1.82) is 0 Å². The van der Waals surface area contributed by atoms with Gasteiger partial charge in [-0.25, -0.2) is 4.68 Å². The first-order chi connectivity index (χ1) is 11.7. The first-order valence-corrected chi connectivity index (χ1v) is 7.54. The Bertz CT molecular complexity index is 1010. The molecule has 0 unspecified atom stereocenters. The highest BCUT2D eigenvalue weighted by atomic mass is 16.1. The molecule has 0 spiro atoms. The highest BCUT2D eigenvalue weighted by Gasteiger charge is 2.09. The molecule has 6 nitrogen and oxygen atoms in total. The second-order valence-corrected chi connectivity index (χ2v) is 5.52. The fourth-order valence-electron chi connectivity index (χ4n) is 2.61. The van der Waals surface area contributed by atoms with Crippen LogP contribution in [0, 0.1) is 0 Å². The molecule has 118 valence electrons. The van der Waals surface area contributed by atoms with E-state index >= 15 is 0 Å². The minimum Gasteiger partial charge on any atom is -0.322 e. The summed E-state index contributed by atoms with van der Waals surface area (Å²) in [5.74, 6) is -0.180. The van der Waals surface area contributed by atoms with Crippen molar-refractivity contribution >= 4 is 22.5 Å². The Hall–Kier alpha value is -3.41. The van der Waals surface area contributed by atoms with Crippen molar-refractivity contribution in [2.75, 3.05) is 5.32 Å². The summed E-state index contributed by atoms with van der Waals surface area (Å²) >= 11 is 0. The number of amides is 1. The van der Waals surface area contributed by atoms with Gasteiger partial charge in [0.1, 0.15) is 0 Å². The van der Waals surface area contributed by atoms with E-state index in [-0.39, 0.29) is 5.91 Å². The summed E-state index contributed by atoms with van der Waals surface area (Å²) in [5, 5.41) is 12.4. The number of benzene rings is 2. The molecule has 0 saturated heterocycles. The number of fused-ring (bicyclic) bond motifs is 1. The lowest BCUT2D eigenvalue weighted by Crippen LogP contribution is -2.11. The minimum absolute atomic E-state index is 0.180. The lowest BCUT2D eigenvalue weighted by atomic mass is 10.2. The number of carbonyl (C=O) groups excluding carboxylic acids is 1. The van der Waals surface area contributed by atoms with Crippen molar-refractivity contribution in [2.45, 2.75) is 0 Å². The maximum absolute atomic E-state index is 12.1. The molecule has 0 saturated carbocycles. The van der Waals surface area contributed by atoms with Gasteiger partial charge in [0.25, 0.3) is 5.91 Å². The van der Waals surface area contributed by atoms with Crippen LogP contribution < -0.4 is 5.32 Å². The van der Waals surface area contributed by atoms with Crippen molar-refractivity contribution in [1.82, 2.24) is 19.6 Å². The van der Waals surface area contributed by atoms with Gasteiger partial charge in [-0.15, -0.1) is 0 Å². The van der Waals surface area contributed by atoms with E-state index in [1.165, 1.54) is 0 Å². The number of nitrogens with zero attached hydrogens (tertiary/aromatic N) is 4. The number of para-hydroxylation sites is 1. The largest absolute Gasteiger partial charge is 0.322 e. The van der Waals surface area contributed by atoms with E-state index in [1.54, 1.807) is 24.1 Å². The SMILES string of the molecule is Cn1cc(C(=O)Nc2ccc(-n3ncc4ccccc43)cc2)cn1. The highest BCUT2D eigenvalue weighted by molar-refractivity contribution is 6.03. The predicted molar refractivity (Wildman–Crippen MR) is 92.2 cm³/mol. The highest BCUT2D eigenvalue weighted by Crippen LogP contribution is 2.19. The summed E-state index contributed by atoms with van der Waals surface area (Å²) in [6.07, 6.45) is 5.06. The Morgan fingerprint density at radius 1 is 1.00 bits per heavy atom. The van der Waals surface area contributed by atoms with Gasteiger partial charge in [-0.2, -0.15) is 10.2 Å². The molecule has 24 heavy (non-hydrogen) atoms. The molecule has 0 aliphatic rings. The third-order valence-electron chi connectivity index (χ3n) is 3.81. The second kappa shape index (κ2) is 5.66. The summed E-state index contributed by atoms with van der Waals surface area (Å²) in [4.78, 5) is 12.1. The number of anilines is 1. The Kier molecular flexibility index (Phi) is 3.35. The van der Waals surface area contributed by atoms with Gasteiger partial charge >= 0.3 is 0 Å². The molecule has 1 amide bonds. The van der Waals surface area contributed by atoms with E-state index in [4.69, 9.17) is 0 Å². The van der Waals surface area contributed by atoms with Crippen LogP contribution in [0.15, 0.2) is 67.1 Å². The smallest absolute Gasteiger partial charge is 0.258 e. The van der Waals surface area contributed by atoms with Gasteiger partial charge in [-0.05, 0) is 30.3 Å². The van der Waals surface area contributed by atoms with Gasteiger partial charge in [0.2, 0.25) is 0 Å². The summed E-state index contributed by atoms with van der Waals surface area (Å²) in [5.41, 5.74) is 3.24. The first-order valence-electron chi connectivity index (χ1n) is 7.54. The van der Waals surface area contributed by atoms with Crippen LogP contribution in [0.5, 0.6) is 0 Å². The van der Waals surface area contributed by atoms with Gasteiger partial charge in [-0.1, -0.05) is 18.2 Å². The van der Waals surface area contributed by atoms with Crippen molar-refractivity contribution in [3.05, 3.63) is 72.7 Å². The monoisotopic (exact) mass is 317 g/mol. The number of carbonyl (C=O) groups is 1. The van der Waals surface area contributed by atoms with Crippen LogP contribution in [0.2, 0.25) is 0 Å². The molecule has 0 aliphatic carbocycles. The van der Waals surface area contributed by atoms with Crippen LogP contribution in [0.3, 0.4) is 0 Å². The number of hydrogen-bond donors (Lipinski definition) is 1. The Labute approximate surface area is 138 Å². The molecule has 2 aromatic carbocycles. The lowest BCUT2D eigenvalue weighted by Gasteiger charge is -2.07. The second-order valence-electron chi connectivity index (χ2n) is 5.52. The molecule has 1 N–H and O–H groups in total. The average molecular weight is 317 g/mol. The van der Waals surface area contributed by atoms with Crippen LogP contribution in [0.25, 0.3) is 16.6 Å². The van der Waals surface area contributed by atoms with Crippen molar-refractivity contribution in [3.63, 3.8) is 0 Å². The van der Waals surface area contributed by atoms with Gasteiger partial charge in [0.05, 0.1) is 29.2 Å². The molecular formula is C18H15N5O. The Morgan fingerprint density at radius 2 is 1.79 bits per heavy atom. The Balaban J connectivity index is 1.57. The zero-order valence-corrected chi connectivity index (χ0v) is 13.0. The maximum Gasteiger partial charge on any atom is 0.258 e. The number of aryl methyl sites for hydroxylation is 1. The van der Waals surface area contributed by atoms with E-state index in [2.05, 4.69) is 15.5 Å². The fraction of sp³-hybridized carbons (Fsp3) is 0.0556. The maximum atomic E-state index is 12.1. The van der Waals surface area contributed by atoms with Gasteiger partial charge in [0.15, 0.2) is 0 Å². The van der Waals surface area contributed by atoms with E-state index < -0.39 is 0 Å². The fourth-order valence-corrected chi connectivity index (χ4v) is 2.61. The first kappa shape index (κ1) is 14.2. The number of rotatable bonds is 3. The molecule has 2 aromatic heterocycles. The van der Waals surface area contributed by atoms with Crippen molar-refractivity contribution < 1.29 is 4.79 Å².